The van der Waals surface area contributed by atoms with Crippen LogP contribution < -0.4 is 5.32 Å². The predicted molar refractivity (Wildman–Crippen MR) is 75.8 cm³/mol. The predicted octanol–water partition coefficient (Wildman–Crippen LogP) is 3.46. The Morgan fingerprint density at radius 3 is 2.78 bits per heavy atom. The molecule has 2 rings (SSSR count). The van der Waals surface area contributed by atoms with Crippen LogP contribution in [0.25, 0.3) is 0 Å². The molecule has 3 nitrogen and oxygen atoms in total. The van der Waals surface area contributed by atoms with E-state index in [-0.39, 0.29) is 6.04 Å². The van der Waals surface area contributed by atoms with Crippen molar-refractivity contribution >= 4 is 5.69 Å². The lowest BCUT2D eigenvalue weighted by atomic mass is 10.1. The van der Waals surface area contributed by atoms with Crippen LogP contribution in [-0.4, -0.2) is 9.55 Å². The largest absolute Gasteiger partial charge is 0.375 e. The van der Waals surface area contributed by atoms with Crippen LogP contribution in [0.5, 0.6) is 0 Å². The zero-order chi connectivity index (χ0) is 13.1. The smallest absolute Gasteiger partial charge is 0.130 e. The SMILES string of the molecule is CCc1cccc(C)c1NC(C)c1nccn1C. The molecule has 3 heteroatoms. The van der Waals surface area contributed by atoms with Crippen LogP contribution in [-0.2, 0) is 13.5 Å². The number of aromatic nitrogens is 2. The van der Waals surface area contributed by atoms with Gasteiger partial charge in [-0.3, -0.25) is 0 Å². The zero-order valence-electron chi connectivity index (χ0n) is 11.6. The van der Waals surface area contributed by atoms with Crippen molar-refractivity contribution in [3.8, 4) is 0 Å². The molecular formula is C15H21N3. The van der Waals surface area contributed by atoms with E-state index in [1.165, 1.54) is 16.8 Å². The van der Waals surface area contributed by atoms with Crippen molar-refractivity contribution in [3.05, 3.63) is 47.5 Å². The second kappa shape index (κ2) is 5.25. The molecule has 18 heavy (non-hydrogen) atoms. The van der Waals surface area contributed by atoms with Crippen LogP contribution in [0, 0.1) is 6.92 Å². The van der Waals surface area contributed by atoms with E-state index in [0.29, 0.717) is 0 Å². The van der Waals surface area contributed by atoms with E-state index in [2.05, 4.69) is 53.8 Å². The minimum absolute atomic E-state index is 0.205. The number of rotatable bonds is 4. The highest BCUT2D eigenvalue weighted by molar-refractivity contribution is 5.58. The van der Waals surface area contributed by atoms with Crippen molar-refractivity contribution in [2.75, 3.05) is 5.32 Å². The van der Waals surface area contributed by atoms with Crippen molar-refractivity contribution in [1.82, 2.24) is 9.55 Å². The Bertz CT molecular complexity index is 528. The van der Waals surface area contributed by atoms with Crippen molar-refractivity contribution in [1.29, 1.82) is 0 Å². The summed E-state index contributed by atoms with van der Waals surface area (Å²) in [6.45, 7) is 6.48. The van der Waals surface area contributed by atoms with E-state index in [9.17, 15) is 0 Å². The summed E-state index contributed by atoms with van der Waals surface area (Å²) in [5.41, 5.74) is 3.89. The molecule has 1 N–H and O–H groups in total. The van der Waals surface area contributed by atoms with Gasteiger partial charge in [0.15, 0.2) is 0 Å². The van der Waals surface area contributed by atoms with Gasteiger partial charge in [0, 0.05) is 25.1 Å². The van der Waals surface area contributed by atoms with Gasteiger partial charge in [0.05, 0.1) is 6.04 Å². The van der Waals surface area contributed by atoms with Crippen molar-refractivity contribution in [3.63, 3.8) is 0 Å². The Morgan fingerprint density at radius 2 is 2.17 bits per heavy atom. The lowest BCUT2D eigenvalue weighted by molar-refractivity contribution is 0.720. The standard InChI is InChI=1S/C15H21N3/c1-5-13-8-6-7-11(2)14(13)17-12(3)15-16-9-10-18(15)4/h6-10,12,17H,5H2,1-4H3. The molecule has 0 saturated heterocycles. The lowest BCUT2D eigenvalue weighted by Crippen LogP contribution is -2.13. The van der Waals surface area contributed by atoms with Crippen LogP contribution >= 0.6 is 0 Å². The van der Waals surface area contributed by atoms with E-state index in [0.717, 1.165) is 12.2 Å². The summed E-state index contributed by atoms with van der Waals surface area (Å²) in [7, 11) is 2.03. The maximum Gasteiger partial charge on any atom is 0.130 e. The molecule has 0 spiro atoms. The number of hydrogen-bond donors (Lipinski definition) is 1. The van der Waals surface area contributed by atoms with E-state index in [4.69, 9.17) is 0 Å². The average molecular weight is 243 g/mol. The first-order valence-electron chi connectivity index (χ1n) is 6.45. The van der Waals surface area contributed by atoms with Gasteiger partial charge in [-0.05, 0) is 31.4 Å². The molecule has 2 aromatic rings. The Morgan fingerprint density at radius 1 is 1.39 bits per heavy atom. The van der Waals surface area contributed by atoms with Crippen LogP contribution in [0.3, 0.4) is 0 Å². The molecule has 1 unspecified atom stereocenters. The first-order chi connectivity index (χ1) is 8.63. The fourth-order valence-electron chi connectivity index (χ4n) is 2.31. The third-order valence-corrected chi connectivity index (χ3v) is 3.35. The van der Waals surface area contributed by atoms with Gasteiger partial charge in [-0.15, -0.1) is 0 Å². The summed E-state index contributed by atoms with van der Waals surface area (Å²) in [6.07, 6.45) is 4.86. The Labute approximate surface area is 109 Å². The maximum atomic E-state index is 4.40. The van der Waals surface area contributed by atoms with Crippen molar-refractivity contribution in [2.45, 2.75) is 33.2 Å². The second-order valence-corrected chi connectivity index (χ2v) is 4.72. The molecule has 96 valence electrons. The number of hydrogen-bond acceptors (Lipinski definition) is 2. The molecule has 0 aliphatic heterocycles. The molecule has 1 heterocycles. The average Bonchev–Trinajstić information content (AvgIpc) is 2.78. The Balaban J connectivity index is 2.27. The monoisotopic (exact) mass is 243 g/mol. The minimum Gasteiger partial charge on any atom is -0.375 e. The molecule has 1 atom stereocenters. The van der Waals surface area contributed by atoms with E-state index < -0.39 is 0 Å². The molecule has 1 aromatic carbocycles. The molecule has 0 amide bonds. The van der Waals surface area contributed by atoms with E-state index >= 15 is 0 Å². The third-order valence-electron chi connectivity index (χ3n) is 3.35. The van der Waals surface area contributed by atoms with Gasteiger partial charge in [-0.1, -0.05) is 25.1 Å². The molecular weight excluding hydrogens is 222 g/mol. The summed E-state index contributed by atoms with van der Waals surface area (Å²) < 4.78 is 2.06. The summed E-state index contributed by atoms with van der Waals surface area (Å²) in [4.78, 5) is 4.40. The minimum atomic E-state index is 0.205. The highest BCUT2D eigenvalue weighted by Gasteiger charge is 2.12. The van der Waals surface area contributed by atoms with Gasteiger partial charge in [-0.25, -0.2) is 4.98 Å². The topological polar surface area (TPSA) is 29.9 Å². The molecule has 0 aliphatic carbocycles. The normalized spacial score (nSPS) is 12.4. The molecule has 0 fully saturated rings. The van der Waals surface area contributed by atoms with E-state index in [1.807, 2.05) is 19.4 Å². The van der Waals surface area contributed by atoms with Gasteiger partial charge in [0.2, 0.25) is 0 Å². The summed E-state index contributed by atoms with van der Waals surface area (Å²) >= 11 is 0. The van der Waals surface area contributed by atoms with Gasteiger partial charge in [0.1, 0.15) is 5.82 Å². The fraction of sp³-hybridized carbons (Fsp3) is 0.400. The number of nitrogens with zero attached hydrogens (tertiary/aromatic N) is 2. The van der Waals surface area contributed by atoms with Crippen LogP contribution in [0.4, 0.5) is 5.69 Å². The number of nitrogens with one attached hydrogen (secondary N) is 1. The van der Waals surface area contributed by atoms with Crippen molar-refractivity contribution in [2.24, 2.45) is 7.05 Å². The fourth-order valence-corrected chi connectivity index (χ4v) is 2.31. The third kappa shape index (κ3) is 2.40. The number of anilines is 1. The molecule has 0 bridgehead atoms. The highest BCUT2D eigenvalue weighted by Crippen LogP contribution is 2.25. The molecule has 0 aliphatic rings. The molecule has 1 aromatic heterocycles. The van der Waals surface area contributed by atoms with Crippen LogP contribution in [0.1, 0.15) is 36.8 Å². The maximum absolute atomic E-state index is 4.40. The first-order valence-corrected chi connectivity index (χ1v) is 6.45. The lowest BCUT2D eigenvalue weighted by Gasteiger charge is -2.19. The summed E-state index contributed by atoms with van der Waals surface area (Å²) in [5.74, 6) is 1.06. The van der Waals surface area contributed by atoms with Gasteiger partial charge < -0.3 is 9.88 Å². The first kappa shape index (κ1) is 12.7. The van der Waals surface area contributed by atoms with Gasteiger partial charge in [-0.2, -0.15) is 0 Å². The molecule has 0 saturated carbocycles. The Kier molecular flexibility index (Phi) is 3.70. The van der Waals surface area contributed by atoms with Crippen molar-refractivity contribution < 1.29 is 0 Å². The van der Waals surface area contributed by atoms with E-state index in [1.54, 1.807) is 0 Å². The number of aryl methyl sites for hydroxylation is 3. The van der Waals surface area contributed by atoms with Gasteiger partial charge in [0.25, 0.3) is 0 Å². The summed E-state index contributed by atoms with van der Waals surface area (Å²) in [5, 5.41) is 3.59. The number of imidazole rings is 1. The highest BCUT2D eigenvalue weighted by atomic mass is 15.1. The second-order valence-electron chi connectivity index (χ2n) is 4.72. The van der Waals surface area contributed by atoms with Crippen LogP contribution in [0.15, 0.2) is 30.6 Å². The molecule has 0 radical (unpaired) electrons. The Hall–Kier alpha value is -1.77. The van der Waals surface area contributed by atoms with Gasteiger partial charge >= 0.3 is 0 Å². The summed E-state index contributed by atoms with van der Waals surface area (Å²) in [6, 6.07) is 6.65. The number of para-hydroxylation sites is 1. The quantitative estimate of drug-likeness (QED) is 0.891. The zero-order valence-corrected chi connectivity index (χ0v) is 11.6. The van der Waals surface area contributed by atoms with Crippen LogP contribution in [0.2, 0.25) is 0 Å². The number of benzene rings is 1.